The molecular formula is C13H14BrFO3. The summed E-state index contributed by atoms with van der Waals surface area (Å²) in [5.41, 5.74) is 0.321. The number of ether oxygens (including phenoxy) is 1. The highest BCUT2D eigenvalue weighted by molar-refractivity contribution is 9.10. The summed E-state index contributed by atoms with van der Waals surface area (Å²) in [4.78, 5) is 23.3. The van der Waals surface area contributed by atoms with Crippen molar-refractivity contribution >= 4 is 27.5 Å². The van der Waals surface area contributed by atoms with Gasteiger partial charge in [-0.15, -0.1) is 0 Å². The smallest absolute Gasteiger partial charge is 0.171 e. The third kappa shape index (κ3) is 4.66. The van der Waals surface area contributed by atoms with Crippen LogP contribution >= 0.6 is 15.9 Å². The van der Waals surface area contributed by atoms with Crippen LogP contribution in [-0.4, -0.2) is 24.8 Å². The summed E-state index contributed by atoms with van der Waals surface area (Å²) in [7, 11) is 0. The van der Waals surface area contributed by atoms with Crippen LogP contribution in [0.4, 0.5) is 4.39 Å². The first-order valence-electron chi connectivity index (χ1n) is 5.62. The Morgan fingerprint density at radius 2 is 2.11 bits per heavy atom. The van der Waals surface area contributed by atoms with Crippen molar-refractivity contribution in [2.24, 2.45) is 0 Å². The van der Waals surface area contributed by atoms with Crippen molar-refractivity contribution < 1.29 is 18.7 Å². The number of halogens is 2. The molecular weight excluding hydrogens is 303 g/mol. The molecule has 0 spiro atoms. The van der Waals surface area contributed by atoms with Crippen LogP contribution < -0.4 is 0 Å². The van der Waals surface area contributed by atoms with Crippen LogP contribution in [0, 0.1) is 5.82 Å². The van der Waals surface area contributed by atoms with Gasteiger partial charge in [-0.25, -0.2) is 4.39 Å². The van der Waals surface area contributed by atoms with Crippen molar-refractivity contribution in [1.29, 1.82) is 0 Å². The van der Waals surface area contributed by atoms with Crippen LogP contribution in [0.25, 0.3) is 0 Å². The number of carbonyl (C=O) groups excluding carboxylic acids is 2. The zero-order valence-electron chi connectivity index (χ0n) is 10.0. The molecule has 0 saturated heterocycles. The van der Waals surface area contributed by atoms with Crippen LogP contribution in [0.15, 0.2) is 22.7 Å². The van der Waals surface area contributed by atoms with Crippen LogP contribution in [0.2, 0.25) is 0 Å². The van der Waals surface area contributed by atoms with Crippen molar-refractivity contribution in [3.63, 3.8) is 0 Å². The van der Waals surface area contributed by atoms with E-state index in [0.29, 0.717) is 23.2 Å². The van der Waals surface area contributed by atoms with Crippen LogP contribution in [0.1, 0.15) is 30.1 Å². The van der Waals surface area contributed by atoms with Crippen LogP contribution in [0.5, 0.6) is 0 Å². The zero-order valence-corrected chi connectivity index (χ0v) is 11.6. The highest BCUT2D eigenvalue weighted by atomic mass is 79.9. The van der Waals surface area contributed by atoms with E-state index in [4.69, 9.17) is 4.74 Å². The number of benzene rings is 1. The second-order valence-corrected chi connectivity index (χ2v) is 4.56. The number of rotatable bonds is 7. The second kappa shape index (κ2) is 7.38. The maximum Gasteiger partial charge on any atom is 0.171 e. The first-order valence-corrected chi connectivity index (χ1v) is 6.41. The molecule has 0 amide bonds. The molecule has 0 heterocycles. The van der Waals surface area contributed by atoms with E-state index >= 15 is 0 Å². The Morgan fingerprint density at radius 3 is 2.72 bits per heavy atom. The van der Waals surface area contributed by atoms with Crippen molar-refractivity contribution in [2.45, 2.75) is 19.8 Å². The van der Waals surface area contributed by atoms with Gasteiger partial charge >= 0.3 is 0 Å². The number of hydrogen-bond acceptors (Lipinski definition) is 3. The normalized spacial score (nSPS) is 10.4. The Kier molecular flexibility index (Phi) is 6.15. The Hall–Kier alpha value is -1.07. The molecule has 0 fully saturated rings. The van der Waals surface area contributed by atoms with Gasteiger partial charge < -0.3 is 4.74 Å². The summed E-state index contributed by atoms with van der Waals surface area (Å²) < 4.78 is 18.3. The van der Waals surface area contributed by atoms with Crippen molar-refractivity contribution in [3.05, 3.63) is 34.1 Å². The van der Waals surface area contributed by atoms with Crippen molar-refractivity contribution in [2.75, 3.05) is 13.2 Å². The average Bonchev–Trinajstić information content (AvgIpc) is 2.28. The fourth-order valence-corrected chi connectivity index (χ4v) is 1.98. The Bertz CT molecular complexity index is 446. The number of Topliss-reactive ketones (excluding diaryl/α,β-unsaturated/α-hetero) is 2. The summed E-state index contributed by atoms with van der Waals surface area (Å²) >= 11 is 3.10. The van der Waals surface area contributed by atoms with E-state index in [0.717, 1.165) is 0 Å². The number of hydrogen-bond donors (Lipinski definition) is 0. The molecule has 3 nitrogen and oxygen atoms in total. The van der Waals surface area contributed by atoms with Crippen LogP contribution in [0.3, 0.4) is 0 Å². The summed E-state index contributed by atoms with van der Waals surface area (Å²) in [6, 6.07) is 3.78. The standard InChI is InChI=1S/C13H14BrFO3/c1-2-18-6-5-10(16)8-13(17)11-4-3-9(15)7-12(11)14/h3-4,7H,2,5-6,8H2,1H3. The Morgan fingerprint density at radius 1 is 1.39 bits per heavy atom. The molecule has 1 rings (SSSR count). The summed E-state index contributed by atoms with van der Waals surface area (Å²) in [5.74, 6) is -0.922. The van der Waals surface area contributed by atoms with Crippen molar-refractivity contribution in [1.82, 2.24) is 0 Å². The SMILES string of the molecule is CCOCCC(=O)CC(=O)c1ccc(F)cc1Br. The van der Waals surface area contributed by atoms with E-state index in [9.17, 15) is 14.0 Å². The van der Waals surface area contributed by atoms with E-state index in [1.54, 1.807) is 0 Å². The molecule has 0 aromatic heterocycles. The monoisotopic (exact) mass is 316 g/mol. The molecule has 0 bridgehead atoms. The van der Waals surface area contributed by atoms with Gasteiger partial charge in [-0.05, 0) is 41.1 Å². The van der Waals surface area contributed by atoms with Gasteiger partial charge in [0.05, 0.1) is 13.0 Å². The maximum absolute atomic E-state index is 12.9. The summed E-state index contributed by atoms with van der Waals surface area (Å²) in [6.45, 7) is 2.71. The lowest BCUT2D eigenvalue weighted by molar-refractivity contribution is -0.119. The quantitative estimate of drug-likeness (QED) is 0.441. The van der Waals surface area contributed by atoms with E-state index in [-0.39, 0.29) is 24.4 Å². The van der Waals surface area contributed by atoms with Gasteiger partial charge in [0.25, 0.3) is 0 Å². The van der Waals surface area contributed by atoms with Gasteiger partial charge in [-0.3, -0.25) is 9.59 Å². The molecule has 0 radical (unpaired) electrons. The topological polar surface area (TPSA) is 43.4 Å². The second-order valence-electron chi connectivity index (χ2n) is 3.71. The van der Waals surface area contributed by atoms with Crippen molar-refractivity contribution in [3.8, 4) is 0 Å². The van der Waals surface area contributed by atoms with E-state index in [1.807, 2.05) is 6.92 Å². The van der Waals surface area contributed by atoms with E-state index < -0.39 is 5.82 Å². The molecule has 0 aliphatic rings. The van der Waals surface area contributed by atoms with Gasteiger partial charge in [0, 0.05) is 23.1 Å². The molecule has 5 heteroatoms. The molecule has 0 aliphatic heterocycles. The molecule has 18 heavy (non-hydrogen) atoms. The van der Waals surface area contributed by atoms with E-state index in [1.165, 1.54) is 18.2 Å². The number of ketones is 2. The molecule has 1 aromatic rings. The minimum Gasteiger partial charge on any atom is -0.381 e. The Balaban J connectivity index is 2.57. The van der Waals surface area contributed by atoms with Gasteiger partial charge in [0.1, 0.15) is 11.6 Å². The van der Waals surface area contributed by atoms with Gasteiger partial charge in [-0.1, -0.05) is 0 Å². The Labute approximate surface area is 113 Å². The molecule has 1 aromatic carbocycles. The third-order valence-corrected chi connectivity index (χ3v) is 2.97. The minimum atomic E-state index is -0.430. The lowest BCUT2D eigenvalue weighted by Gasteiger charge is -2.04. The molecule has 0 unspecified atom stereocenters. The largest absolute Gasteiger partial charge is 0.381 e. The number of carbonyl (C=O) groups is 2. The summed E-state index contributed by atoms with van der Waals surface area (Å²) in [6.07, 6.45) is 0.0374. The average molecular weight is 317 g/mol. The van der Waals surface area contributed by atoms with Crippen LogP contribution in [-0.2, 0) is 9.53 Å². The maximum atomic E-state index is 12.9. The van der Waals surface area contributed by atoms with Gasteiger partial charge in [0.15, 0.2) is 5.78 Å². The molecule has 0 aliphatic carbocycles. The van der Waals surface area contributed by atoms with Gasteiger partial charge in [0.2, 0.25) is 0 Å². The third-order valence-electron chi connectivity index (χ3n) is 2.32. The molecule has 0 N–H and O–H groups in total. The lowest BCUT2D eigenvalue weighted by Crippen LogP contribution is -2.11. The zero-order chi connectivity index (χ0) is 13.5. The molecule has 0 saturated carbocycles. The predicted molar refractivity (Wildman–Crippen MR) is 69.2 cm³/mol. The molecule has 0 atom stereocenters. The first-order chi connectivity index (χ1) is 8.54. The summed E-state index contributed by atoms with van der Waals surface area (Å²) in [5, 5.41) is 0. The fraction of sp³-hybridized carbons (Fsp3) is 0.385. The lowest BCUT2D eigenvalue weighted by atomic mass is 10.0. The molecule has 98 valence electrons. The first kappa shape index (κ1) is 15.0. The predicted octanol–water partition coefficient (Wildman–Crippen LogP) is 3.16. The van der Waals surface area contributed by atoms with Gasteiger partial charge in [-0.2, -0.15) is 0 Å². The highest BCUT2D eigenvalue weighted by Gasteiger charge is 2.14. The van der Waals surface area contributed by atoms with E-state index in [2.05, 4.69) is 15.9 Å². The fourth-order valence-electron chi connectivity index (χ4n) is 1.41. The highest BCUT2D eigenvalue weighted by Crippen LogP contribution is 2.19. The minimum absolute atomic E-state index is 0.176.